The molecule has 0 radical (unpaired) electrons. The van der Waals surface area contributed by atoms with E-state index >= 15 is 0 Å². The van der Waals surface area contributed by atoms with Gasteiger partial charge < -0.3 is 14.2 Å². The van der Waals surface area contributed by atoms with Crippen LogP contribution in [0.3, 0.4) is 0 Å². The minimum atomic E-state index is -0.361. The van der Waals surface area contributed by atoms with Crippen molar-refractivity contribution in [1.29, 1.82) is 0 Å². The Morgan fingerprint density at radius 3 is 2.30 bits per heavy atom. The molecule has 1 aromatic heterocycles. The molecule has 0 atom stereocenters. The quantitative estimate of drug-likeness (QED) is 0.539. The van der Waals surface area contributed by atoms with Gasteiger partial charge in [0.15, 0.2) is 11.6 Å². The second-order valence-electron chi connectivity index (χ2n) is 7.98. The predicted molar refractivity (Wildman–Crippen MR) is 118 cm³/mol. The van der Waals surface area contributed by atoms with Crippen molar-refractivity contribution in [2.24, 2.45) is 0 Å². The molecule has 3 rings (SSSR count). The number of hydrogen-bond donors (Lipinski definition) is 0. The fraction of sp³-hybridized carbons (Fsp3) is 0.375. The van der Waals surface area contributed by atoms with Crippen molar-refractivity contribution < 1.29 is 19.1 Å². The van der Waals surface area contributed by atoms with Gasteiger partial charge in [0.1, 0.15) is 0 Å². The number of nitrogens with zero attached hydrogens (tertiary/aromatic N) is 2. The minimum Gasteiger partial charge on any atom is -0.447 e. The molecule has 0 saturated heterocycles. The molecular formula is C24H28N2O4. The van der Waals surface area contributed by atoms with E-state index in [1.54, 1.807) is 25.8 Å². The smallest absolute Gasteiger partial charge is 0.409 e. The van der Waals surface area contributed by atoms with E-state index in [-0.39, 0.29) is 23.8 Å². The van der Waals surface area contributed by atoms with Gasteiger partial charge in [-0.05, 0) is 70.5 Å². The molecule has 0 spiro atoms. The van der Waals surface area contributed by atoms with Crippen molar-refractivity contribution in [2.75, 3.05) is 13.6 Å². The lowest BCUT2D eigenvalue weighted by molar-refractivity contribution is 0.0833. The van der Waals surface area contributed by atoms with Crippen molar-refractivity contribution in [3.05, 3.63) is 47.0 Å². The number of Topliss-reactive ketones (excluding diaryl/α,β-unsaturated/α-hetero) is 2. The van der Waals surface area contributed by atoms with Gasteiger partial charge in [-0.25, -0.2) is 4.79 Å². The molecule has 1 amide bonds. The van der Waals surface area contributed by atoms with Gasteiger partial charge in [0.2, 0.25) is 0 Å². The topological polar surface area (TPSA) is 68.6 Å². The summed E-state index contributed by atoms with van der Waals surface area (Å²) >= 11 is 0. The summed E-state index contributed by atoms with van der Waals surface area (Å²) in [6, 6.07) is 9.44. The van der Waals surface area contributed by atoms with Gasteiger partial charge in [0.25, 0.3) is 0 Å². The average molecular weight is 408 g/mol. The Morgan fingerprint density at radius 2 is 1.70 bits per heavy atom. The number of amides is 1. The third-order valence-electron chi connectivity index (χ3n) is 5.38. The number of ether oxygens (including phenoxy) is 1. The first-order valence-corrected chi connectivity index (χ1v) is 10.1. The summed E-state index contributed by atoms with van der Waals surface area (Å²) in [5.74, 6) is 0.00327. The highest BCUT2D eigenvalue weighted by Gasteiger charge is 2.18. The molecule has 1 heterocycles. The molecule has 6 nitrogen and oxygen atoms in total. The number of aryl methyl sites for hydroxylation is 1. The first kappa shape index (κ1) is 21.6. The van der Waals surface area contributed by atoms with Crippen LogP contribution >= 0.6 is 0 Å². The monoisotopic (exact) mass is 408 g/mol. The van der Waals surface area contributed by atoms with E-state index in [0.29, 0.717) is 24.2 Å². The Balaban J connectivity index is 2.13. The standard InChI is InChI=1S/C24H28N2O4/c1-14(2)30-24(29)25(6)11-12-26-21-9-7-18(16(4)27)13-20(21)23-15(3)19(17(5)28)8-10-22(23)26/h7-10,13-14H,11-12H2,1-6H3. The summed E-state index contributed by atoms with van der Waals surface area (Å²) < 4.78 is 7.39. The summed E-state index contributed by atoms with van der Waals surface area (Å²) in [4.78, 5) is 37.7. The third-order valence-corrected chi connectivity index (χ3v) is 5.38. The first-order chi connectivity index (χ1) is 14.1. The molecule has 2 aromatic carbocycles. The zero-order valence-corrected chi connectivity index (χ0v) is 18.4. The summed E-state index contributed by atoms with van der Waals surface area (Å²) in [5, 5.41) is 1.90. The molecule has 0 bridgehead atoms. The van der Waals surface area contributed by atoms with Crippen LogP contribution in [0.25, 0.3) is 21.8 Å². The zero-order chi connectivity index (χ0) is 22.2. The molecule has 158 valence electrons. The predicted octanol–water partition coefficient (Wildman–Crippen LogP) is 4.98. The van der Waals surface area contributed by atoms with Crippen LogP contribution in [0.2, 0.25) is 0 Å². The van der Waals surface area contributed by atoms with Crippen LogP contribution in [-0.4, -0.2) is 46.8 Å². The van der Waals surface area contributed by atoms with Gasteiger partial charge in [-0.1, -0.05) is 0 Å². The van der Waals surface area contributed by atoms with Gasteiger partial charge in [0, 0.05) is 53.1 Å². The Bertz CT molecular complexity index is 1160. The van der Waals surface area contributed by atoms with Crippen LogP contribution in [-0.2, 0) is 11.3 Å². The van der Waals surface area contributed by atoms with E-state index in [1.165, 1.54) is 0 Å². The van der Waals surface area contributed by atoms with Crippen molar-refractivity contribution in [1.82, 2.24) is 9.47 Å². The van der Waals surface area contributed by atoms with Crippen LogP contribution in [0.15, 0.2) is 30.3 Å². The van der Waals surface area contributed by atoms with Crippen molar-refractivity contribution in [2.45, 2.75) is 47.3 Å². The zero-order valence-electron chi connectivity index (χ0n) is 18.4. The number of aromatic nitrogens is 1. The van der Waals surface area contributed by atoms with Gasteiger partial charge in [-0.15, -0.1) is 0 Å². The highest BCUT2D eigenvalue weighted by molar-refractivity contribution is 6.14. The number of likely N-dealkylation sites (N-methyl/N-ethyl adjacent to an activating group) is 1. The molecule has 6 heteroatoms. The molecule has 0 saturated carbocycles. The second kappa shape index (κ2) is 8.30. The van der Waals surface area contributed by atoms with Crippen molar-refractivity contribution in [3.8, 4) is 0 Å². The van der Waals surface area contributed by atoms with E-state index in [4.69, 9.17) is 4.74 Å². The van der Waals surface area contributed by atoms with Gasteiger partial charge in [-0.3, -0.25) is 9.59 Å². The lowest BCUT2D eigenvalue weighted by atomic mass is 9.98. The number of ketones is 2. The van der Waals surface area contributed by atoms with Crippen LogP contribution in [0.5, 0.6) is 0 Å². The third kappa shape index (κ3) is 3.95. The van der Waals surface area contributed by atoms with Crippen LogP contribution in [0, 0.1) is 6.92 Å². The molecule has 0 fully saturated rings. The van der Waals surface area contributed by atoms with E-state index in [0.717, 1.165) is 27.4 Å². The molecule has 0 aliphatic carbocycles. The fourth-order valence-corrected chi connectivity index (χ4v) is 3.84. The lowest BCUT2D eigenvalue weighted by Crippen LogP contribution is -2.32. The van der Waals surface area contributed by atoms with Gasteiger partial charge >= 0.3 is 6.09 Å². The molecule has 0 N–H and O–H groups in total. The molecule has 3 aromatic rings. The van der Waals surface area contributed by atoms with Gasteiger partial charge in [0.05, 0.1) is 6.10 Å². The minimum absolute atomic E-state index is 0.00524. The Morgan fingerprint density at radius 1 is 1.03 bits per heavy atom. The molecule has 0 unspecified atom stereocenters. The second-order valence-corrected chi connectivity index (χ2v) is 7.98. The lowest BCUT2D eigenvalue weighted by Gasteiger charge is -2.19. The van der Waals surface area contributed by atoms with E-state index in [9.17, 15) is 14.4 Å². The highest BCUT2D eigenvalue weighted by atomic mass is 16.6. The highest BCUT2D eigenvalue weighted by Crippen LogP contribution is 2.34. The Kier molecular flexibility index (Phi) is 5.97. The summed E-state index contributed by atoms with van der Waals surface area (Å²) in [7, 11) is 1.71. The van der Waals surface area contributed by atoms with E-state index in [2.05, 4.69) is 4.57 Å². The van der Waals surface area contributed by atoms with Crippen LogP contribution in [0.1, 0.15) is 54.0 Å². The van der Waals surface area contributed by atoms with Crippen LogP contribution in [0.4, 0.5) is 4.79 Å². The SMILES string of the molecule is CC(=O)c1ccc2c(c1)c1c(C)c(C(C)=O)ccc1n2CCN(C)C(=O)OC(C)C. The van der Waals surface area contributed by atoms with E-state index < -0.39 is 0 Å². The first-order valence-electron chi connectivity index (χ1n) is 10.1. The summed E-state index contributed by atoms with van der Waals surface area (Å²) in [6.45, 7) is 9.71. The molecular weight excluding hydrogens is 380 g/mol. The molecule has 0 aliphatic heterocycles. The fourth-order valence-electron chi connectivity index (χ4n) is 3.84. The largest absolute Gasteiger partial charge is 0.447 e. The maximum atomic E-state index is 12.2. The van der Waals surface area contributed by atoms with Crippen molar-refractivity contribution >= 4 is 39.5 Å². The Hall–Kier alpha value is -3.15. The maximum Gasteiger partial charge on any atom is 0.409 e. The van der Waals surface area contributed by atoms with Gasteiger partial charge in [-0.2, -0.15) is 0 Å². The summed E-state index contributed by atoms with van der Waals surface area (Å²) in [6.07, 6.45) is -0.537. The number of carbonyl (C=O) groups excluding carboxylic acids is 3. The Labute approximate surface area is 176 Å². The number of rotatable bonds is 6. The van der Waals surface area contributed by atoms with Crippen LogP contribution < -0.4 is 0 Å². The molecule has 30 heavy (non-hydrogen) atoms. The number of benzene rings is 2. The number of hydrogen-bond acceptors (Lipinski definition) is 4. The average Bonchev–Trinajstić information content (AvgIpc) is 2.99. The number of fused-ring (bicyclic) bond motifs is 3. The maximum absolute atomic E-state index is 12.2. The number of carbonyl (C=O) groups is 3. The summed E-state index contributed by atoms with van der Waals surface area (Å²) in [5.41, 5.74) is 4.14. The normalized spacial score (nSPS) is 11.3. The van der Waals surface area contributed by atoms with Crippen molar-refractivity contribution in [3.63, 3.8) is 0 Å². The van der Waals surface area contributed by atoms with E-state index in [1.807, 2.05) is 51.1 Å². The molecule has 0 aliphatic rings.